The molecule has 2 aromatic heterocycles. The van der Waals surface area contributed by atoms with Gasteiger partial charge in [0, 0.05) is 37.6 Å². The molecule has 0 aliphatic carbocycles. The van der Waals surface area contributed by atoms with Crippen LogP contribution in [0.4, 0.5) is 10.5 Å². The van der Waals surface area contributed by atoms with E-state index in [1.807, 2.05) is 45.3 Å². The standard InChI is InChI=1S/C19H22N6O3S/c1-12(2)16-6-5-13(14-9-20-24(3)10-14)7-17(16)21-19(27)23-29(28)18-8-15(11-26)25(4)22-18/h5-12H,1-4H3,(H2,21,23,27). The predicted molar refractivity (Wildman–Crippen MR) is 110 cm³/mol. The maximum atomic E-state index is 12.4. The maximum absolute atomic E-state index is 12.4. The normalized spacial score (nSPS) is 12.1. The van der Waals surface area contributed by atoms with Crippen molar-refractivity contribution in [1.29, 1.82) is 0 Å². The van der Waals surface area contributed by atoms with Gasteiger partial charge in [-0.1, -0.05) is 26.0 Å². The van der Waals surface area contributed by atoms with Crippen LogP contribution >= 0.6 is 0 Å². The maximum Gasteiger partial charge on any atom is 0.361 e. The number of rotatable bonds is 6. The molecule has 2 N–H and O–H groups in total. The van der Waals surface area contributed by atoms with E-state index in [0.29, 0.717) is 12.0 Å². The molecule has 0 saturated heterocycles. The molecule has 0 aliphatic rings. The molecule has 10 heteroatoms. The fourth-order valence-corrected chi connectivity index (χ4v) is 3.61. The van der Waals surface area contributed by atoms with Gasteiger partial charge in [0.05, 0.1) is 6.20 Å². The number of nitrogens with one attached hydrogen (secondary N) is 2. The Morgan fingerprint density at radius 3 is 2.59 bits per heavy atom. The molecule has 3 rings (SSSR count). The molecule has 2 amide bonds. The summed E-state index contributed by atoms with van der Waals surface area (Å²) in [6, 6.07) is 6.52. The highest BCUT2D eigenvalue weighted by molar-refractivity contribution is 7.90. The number of aromatic nitrogens is 4. The van der Waals surface area contributed by atoms with Crippen LogP contribution in [-0.4, -0.2) is 36.4 Å². The number of benzene rings is 1. The van der Waals surface area contributed by atoms with Crippen LogP contribution in [0.5, 0.6) is 0 Å². The summed E-state index contributed by atoms with van der Waals surface area (Å²) < 4.78 is 17.7. The number of nitrogens with zero attached hydrogens (tertiary/aromatic N) is 4. The van der Waals surface area contributed by atoms with Crippen molar-refractivity contribution in [2.45, 2.75) is 24.8 Å². The summed E-state index contributed by atoms with van der Waals surface area (Å²) in [5, 5.41) is 11.0. The van der Waals surface area contributed by atoms with Crippen molar-refractivity contribution in [1.82, 2.24) is 24.3 Å². The zero-order valence-corrected chi connectivity index (χ0v) is 17.4. The fraction of sp³-hybridized carbons (Fsp3) is 0.263. The van der Waals surface area contributed by atoms with Crippen LogP contribution in [0.25, 0.3) is 11.1 Å². The van der Waals surface area contributed by atoms with E-state index in [4.69, 9.17) is 0 Å². The van der Waals surface area contributed by atoms with Crippen LogP contribution in [0.1, 0.15) is 35.8 Å². The van der Waals surface area contributed by atoms with Crippen LogP contribution in [0.15, 0.2) is 41.7 Å². The van der Waals surface area contributed by atoms with Crippen LogP contribution in [0.3, 0.4) is 0 Å². The predicted octanol–water partition coefficient (Wildman–Crippen LogP) is 2.60. The molecule has 1 aromatic carbocycles. The van der Waals surface area contributed by atoms with E-state index >= 15 is 0 Å². The van der Waals surface area contributed by atoms with Crippen molar-refractivity contribution >= 4 is 29.4 Å². The summed E-state index contributed by atoms with van der Waals surface area (Å²) in [7, 11) is 3.39. The smallest absolute Gasteiger partial charge is 0.361 e. The Kier molecular flexibility index (Phi) is 6.04. The van der Waals surface area contributed by atoms with E-state index in [2.05, 4.69) is 20.2 Å². The Balaban J connectivity index is 1.79. The van der Waals surface area contributed by atoms with E-state index in [0.717, 1.165) is 16.7 Å². The van der Waals surface area contributed by atoms with Crippen LogP contribution < -0.4 is 10.0 Å². The number of urea groups is 1. The molecule has 0 fully saturated rings. The van der Waals surface area contributed by atoms with Gasteiger partial charge in [-0.25, -0.2) is 4.79 Å². The number of amides is 2. The van der Waals surface area contributed by atoms with Crippen molar-refractivity contribution in [3.05, 3.63) is 47.9 Å². The van der Waals surface area contributed by atoms with Gasteiger partial charge in [-0.15, -0.1) is 9.82 Å². The third-order valence-corrected chi connectivity index (χ3v) is 5.30. The van der Waals surface area contributed by atoms with Crippen molar-refractivity contribution in [3.8, 4) is 11.1 Å². The van der Waals surface area contributed by atoms with E-state index in [9.17, 15) is 14.1 Å². The third-order valence-electron chi connectivity index (χ3n) is 4.35. The summed E-state index contributed by atoms with van der Waals surface area (Å²) in [6.45, 7) is 4.05. The Morgan fingerprint density at radius 2 is 2.00 bits per heavy atom. The zero-order chi connectivity index (χ0) is 21.1. The first-order valence-corrected chi connectivity index (χ1v) is 10.0. The van der Waals surface area contributed by atoms with Gasteiger partial charge in [-0.3, -0.25) is 14.2 Å². The summed E-state index contributed by atoms with van der Waals surface area (Å²) in [5.74, 6) is 0.171. The van der Waals surface area contributed by atoms with Crippen LogP contribution in [-0.2, 0) is 25.5 Å². The number of aldehydes is 1. The number of hydrogen-bond acceptors (Lipinski definition) is 5. The lowest BCUT2D eigenvalue weighted by Gasteiger charge is -2.16. The van der Waals surface area contributed by atoms with Gasteiger partial charge in [0.2, 0.25) is 0 Å². The highest BCUT2D eigenvalue weighted by Gasteiger charge is 2.22. The van der Waals surface area contributed by atoms with Gasteiger partial charge >= 0.3 is 6.03 Å². The lowest BCUT2D eigenvalue weighted by molar-refractivity contribution is 0.111. The molecule has 0 saturated carbocycles. The van der Waals surface area contributed by atoms with E-state index < -0.39 is 17.4 Å². The van der Waals surface area contributed by atoms with Crippen molar-refractivity contribution in [2.24, 2.45) is 14.1 Å². The SMILES string of the molecule is CC(C)c1ccc(-c2cnn(C)c2)cc1NC(=O)N[S+]([O-])c1cc(C=O)n(C)n1. The molecule has 29 heavy (non-hydrogen) atoms. The molecule has 1 atom stereocenters. The van der Waals surface area contributed by atoms with Gasteiger partial charge in [0.25, 0.3) is 5.03 Å². The van der Waals surface area contributed by atoms with Gasteiger partial charge in [-0.05, 0) is 23.1 Å². The summed E-state index contributed by atoms with van der Waals surface area (Å²) in [4.78, 5) is 23.4. The minimum atomic E-state index is -1.90. The highest BCUT2D eigenvalue weighted by Crippen LogP contribution is 2.30. The quantitative estimate of drug-likeness (QED) is 0.475. The molecular formula is C19H22N6O3S. The molecule has 9 nitrogen and oxygen atoms in total. The Morgan fingerprint density at radius 1 is 1.24 bits per heavy atom. The van der Waals surface area contributed by atoms with Crippen molar-refractivity contribution < 1.29 is 14.1 Å². The molecule has 1 unspecified atom stereocenters. The molecular weight excluding hydrogens is 392 g/mol. The number of hydrogen-bond donors (Lipinski definition) is 2. The first-order chi connectivity index (χ1) is 13.8. The average Bonchev–Trinajstić information content (AvgIpc) is 3.26. The van der Waals surface area contributed by atoms with Gasteiger partial charge < -0.3 is 9.87 Å². The molecule has 0 spiro atoms. The Labute approximate surface area is 171 Å². The van der Waals surface area contributed by atoms with Crippen LogP contribution in [0.2, 0.25) is 0 Å². The molecule has 0 aliphatic heterocycles. The second-order valence-electron chi connectivity index (χ2n) is 6.83. The van der Waals surface area contributed by atoms with Crippen molar-refractivity contribution in [2.75, 3.05) is 5.32 Å². The fourth-order valence-electron chi connectivity index (χ4n) is 2.86. The Bertz CT molecular complexity index is 1040. The lowest BCUT2D eigenvalue weighted by atomic mass is 9.97. The van der Waals surface area contributed by atoms with Crippen LogP contribution in [0, 0.1) is 0 Å². The second kappa shape index (κ2) is 8.50. The van der Waals surface area contributed by atoms with E-state index in [1.54, 1.807) is 17.9 Å². The van der Waals surface area contributed by atoms with Gasteiger partial charge in [-0.2, -0.15) is 5.10 Å². The highest BCUT2D eigenvalue weighted by atomic mass is 32.2. The first kappa shape index (κ1) is 20.6. The molecule has 3 aromatic rings. The van der Waals surface area contributed by atoms with E-state index in [-0.39, 0.29) is 16.6 Å². The Hall–Kier alpha value is -3.11. The average molecular weight is 414 g/mol. The summed E-state index contributed by atoms with van der Waals surface area (Å²) >= 11 is -1.90. The minimum Gasteiger partial charge on any atom is -0.586 e. The molecule has 2 heterocycles. The first-order valence-electron chi connectivity index (χ1n) is 8.90. The number of aryl methyl sites for hydroxylation is 2. The number of anilines is 1. The third kappa shape index (κ3) is 4.66. The molecule has 152 valence electrons. The zero-order valence-electron chi connectivity index (χ0n) is 16.5. The monoisotopic (exact) mass is 414 g/mol. The lowest BCUT2D eigenvalue weighted by Crippen LogP contribution is -2.35. The number of carbonyl (C=O) groups excluding carboxylic acids is 2. The summed E-state index contributed by atoms with van der Waals surface area (Å²) in [6.07, 6.45) is 4.23. The largest absolute Gasteiger partial charge is 0.586 e. The van der Waals surface area contributed by atoms with Gasteiger partial charge in [0.1, 0.15) is 17.1 Å². The minimum absolute atomic E-state index is 0.0953. The molecule has 0 radical (unpaired) electrons. The van der Waals surface area contributed by atoms with Gasteiger partial charge in [0.15, 0.2) is 6.29 Å². The summed E-state index contributed by atoms with van der Waals surface area (Å²) in [5.41, 5.74) is 3.65. The topological polar surface area (TPSA) is 117 Å². The van der Waals surface area contributed by atoms with Crippen molar-refractivity contribution in [3.63, 3.8) is 0 Å². The van der Waals surface area contributed by atoms with E-state index in [1.165, 1.54) is 10.7 Å². The molecule has 0 bridgehead atoms. The second-order valence-corrected chi connectivity index (χ2v) is 7.99. The number of carbonyl (C=O) groups is 2.